The standard InChI is InChI=1S/C24H29NO4/c1-4-5-15-28-21-13-11-20(12-14-21)23(26)25-22(24(27)29-17-18(2)3)16-19-9-7-6-8-10-19/h6-14,16,18H,4-5,15,17H2,1-3H3,(H,25,26)/b22-16-. The van der Waals surface area contributed by atoms with Gasteiger partial charge in [-0.15, -0.1) is 0 Å². The van der Waals surface area contributed by atoms with Crippen LogP contribution in [0.1, 0.15) is 49.5 Å². The Morgan fingerprint density at radius 3 is 2.34 bits per heavy atom. The molecule has 0 spiro atoms. The molecule has 0 radical (unpaired) electrons. The maximum atomic E-state index is 12.7. The Labute approximate surface area is 172 Å². The normalized spacial score (nSPS) is 11.2. The molecule has 0 saturated heterocycles. The van der Waals surface area contributed by atoms with E-state index in [1.54, 1.807) is 30.3 Å². The van der Waals surface area contributed by atoms with E-state index in [0.29, 0.717) is 17.9 Å². The molecule has 1 N–H and O–H groups in total. The number of carbonyl (C=O) groups is 2. The largest absolute Gasteiger partial charge is 0.494 e. The molecule has 0 atom stereocenters. The molecule has 0 aliphatic carbocycles. The molecule has 0 unspecified atom stereocenters. The number of carbonyl (C=O) groups excluding carboxylic acids is 2. The topological polar surface area (TPSA) is 64.6 Å². The van der Waals surface area contributed by atoms with Crippen molar-refractivity contribution in [2.45, 2.75) is 33.6 Å². The zero-order valence-corrected chi connectivity index (χ0v) is 17.3. The molecule has 0 saturated carbocycles. The molecule has 154 valence electrons. The lowest BCUT2D eigenvalue weighted by molar-refractivity contribution is -0.140. The van der Waals surface area contributed by atoms with E-state index >= 15 is 0 Å². The fraction of sp³-hybridized carbons (Fsp3) is 0.333. The van der Waals surface area contributed by atoms with Gasteiger partial charge in [0, 0.05) is 5.56 Å². The van der Waals surface area contributed by atoms with Gasteiger partial charge in [-0.2, -0.15) is 0 Å². The molecule has 0 bridgehead atoms. The van der Waals surface area contributed by atoms with Crippen LogP contribution in [0, 0.1) is 5.92 Å². The molecular weight excluding hydrogens is 366 g/mol. The minimum Gasteiger partial charge on any atom is -0.494 e. The van der Waals surface area contributed by atoms with Crippen molar-refractivity contribution in [2.75, 3.05) is 13.2 Å². The third kappa shape index (κ3) is 7.82. The number of hydrogen-bond donors (Lipinski definition) is 1. The third-order valence-corrected chi connectivity index (χ3v) is 4.01. The van der Waals surface area contributed by atoms with E-state index in [1.807, 2.05) is 44.2 Å². The van der Waals surface area contributed by atoms with Crippen molar-refractivity contribution in [3.63, 3.8) is 0 Å². The molecule has 0 aliphatic heterocycles. The summed E-state index contributed by atoms with van der Waals surface area (Å²) in [4.78, 5) is 25.2. The van der Waals surface area contributed by atoms with Crippen molar-refractivity contribution in [3.05, 3.63) is 71.4 Å². The first-order valence-corrected chi connectivity index (χ1v) is 9.97. The smallest absolute Gasteiger partial charge is 0.354 e. The highest BCUT2D eigenvalue weighted by Gasteiger charge is 2.16. The molecular formula is C24H29NO4. The Bertz CT molecular complexity index is 811. The molecule has 0 heterocycles. The second-order valence-electron chi connectivity index (χ2n) is 7.14. The van der Waals surface area contributed by atoms with E-state index in [4.69, 9.17) is 9.47 Å². The van der Waals surface area contributed by atoms with Gasteiger partial charge in [0.25, 0.3) is 5.91 Å². The summed E-state index contributed by atoms with van der Waals surface area (Å²) >= 11 is 0. The average molecular weight is 395 g/mol. The van der Waals surface area contributed by atoms with Gasteiger partial charge in [-0.05, 0) is 48.2 Å². The Morgan fingerprint density at radius 2 is 1.72 bits per heavy atom. The highest BCUT2D eigenvalue weighted by molar-refractivity contribution is 6.03. The molecule has 0 aromatic heterocycles. The maximum absolute atomic E-state index is 12.7. The summed E-state index contributed by atoms with van der Waals surface area (Å²) in [6.07, 6.45) is 3.65. The molecule has 1 amide bonds. The summed E-state index contributed by atoms with van der Waals surface area (Å²) in [5.41, 5.74) is 1.33. The first kappa shape index (κ1) is 22.2. The van der Waals surface area contributed by atoms with Gasteiger partial charge in [-0.25, -0.2) is 4.79 Å². The summed E-state index contributed by atoms with van der Waals surface area (Å²) in [5.74, 6) is -0.0246. The quantitative estimate of drug-likeness (QED) is 0.355. The molecule has 29 heavy (non-hydrogen) atoms. The first-order valence-electron chi connectivity index (χ1n) is 9.97. The van der Waals surface area contributed by atoms with Gasteiger partial charge in [-0.3, -0.25) is 4.79 Å². The van der Waals surface area contributed by atoms with Gasteiger partial charge < -0.3 is 14.8 Å². The van der Waals surface area contributed by atoms with Crippen LogP contribution < -0.4 is 10.1 Å². The summed E-state index contributed by atoms with van der Waals surface area (Å²) < 4.78 is 10.9. The fourth-order valence-electron chi connectivity index (χ4n) is 2.41. The summed E-state index contributed by atoms with van der Waals surface area (Å²) in [7, 11) is 0. The van der Waals surface area contributed by atoms with Gasteiger partial charge in [0.1, 0.15) is 11.4 Å². The van der Waals surface area contributed by atoms with Crippen molar-refractivity contribution in [2.24, 2.45) is 5.92 Å². The minimum absolute atomic E-state index is 0.102. The third-order valence-electron chi connectivity index (χ3n) is 4.01. The first-order chi connectivity index (χ1) is 14.0. The molecule has 0 fully saturated rings. The van der Waals surface area contributed by atoms with Gasteiger partial charge in [0.2, 0.25) is 0 Å². The van der Waals surface area contributed by atoms with E-state index in [-0.39, 0.29) is 24.1 Å². The Morgan fingerprint density at radius 1 is 1.03 bits per heavy atom. The number of ether oxygens (including phenoxy) is 2. The van der Waals surface area contributed by atoms with Crippen LogP contribution >= 0.6 is 0 Å². The predicted molar refractivity (Wildman–Crippen MR) is 115 cm³/mol. The van der Waals surface area contributed by atoms with Gasteiger partial charge in [0.05, 0.1) is 13.2 Å². The lowest BCUT2D eigenvalue weighted by Gasteiger charge is -2.12. The van der Waals surface area contributed by atoms with Crippen molar-refractivity contribution in [3.8, 4) is 5.75 Å². The average Bonchev–Trinajstić information content (AvgIpc) is 2.73. The number of rotatable bonds is 10. The monoisotopic (exact) mass is 395 g/mol. The number of nitrogens with one attached hydrogen (secondary N) is 1. The van der Waals surface area contributed by atoms with Crippen LogP contribution in [0.15, 0.2) is 60.3 Å². The summed E-state index contributed by atoms with van der Waals surface area (Å²) in [6, 6.07) is 16.2. The van der Waals surface area contributed by atoms with Crippen LogP contribution in [-0.4, -0.2) is 25.1 Å². The minimum atomic E-state index is -0.560. The maximum Gasteiger partial charge on any atom is 0.354 e. The van der Waals surface area contributed by atoms with E-state index in [9.17, 15) is 9.59 Å². The van der Waals surface area contributed by atoms with Crippen LogP contribution in [0.4, 0.5) is 0 Å². The van der Waals surface area contributed by atoms with Crippen molar-refractivity contribution >= 4 is 18.0 Å². The van der Waals surface area contributed by atoms with Crippen molar-refractivity contribution in [1.82, 2.24) is 5.32 Å². The number of benzene rings is 2. The summed E-state index contributed by atoms with van der Waals surface area (Å²) in [6.45, 7) is 6.94. The predicted octanol–water partition coefficient (Wildman–Crippen LogP) is 4.84. The second-order valence-corrected chi connectivity index (χ2v) is 7.14. The molecule has 5 heteroatoms. The highest BCUT2D eigenvalue weighted by Crippen LogP contribution is 2.14. The lowest BCUT2D eigenvalue weighted by Crippen LogP contribution is -2.29. The van der Waals surface area contributed by atoms with Crippen LogP contribution in [0.5, 0.6) is 5.75 Å². The number of amides is 1. The molecule has 0 aliphatic rings. The van der Waals surface area contributed by atoms with Gasteiger partial charge in [-0.1, -0.05) is 57.5 Å². The zero-order chi connectivity index (χ0) is 21.1. The molecule has 2 rings (SSSR count). The molecule has 2 aromatic rings. The summed E-state index contributed by atoms with van der Waals surface area (Å²) in [5, 5.41) is 2.68. The van der Waals surface area contributed by atoms with Crippen LogP contribution in [0.2, 0.25) is 0 Å². The van der Waals surface area contributed by atoms with E-state index < -0.39 is 5.97 Å². The lowest BCUT2D eigenvalue weighted by atomic mass is 10.1. The van der Waals surface area contributed by atoms with Crippen LogP contribution in [0.25, 0.3) is 6.08 Å². The van der Waals surface area contributed by atoms with Crippen molar-refractivity contribution < 1.29 is 19.1 Å². The molecule has 2 aromatic carbocycles. The van der Waals surface area contributed by atoms with Gasteiger partial charge >= 0.3 is 5.97 Å². The van der Waals surface area contributed by atoms with E-state index in [1.165, 1.54) is 0 Å². The Hall–Kier alpha value is -3.08. The van der Waals surface area contributed by atoms with E-state index in [0.717, 1.165) is 18.4 Å². The van der Waals surface area contributed by atoms with Crippen molar-refractivity contribution in [1.29, 1.82) is 0 Å². The number of unbranched alkanes of at least 4 members (excludes halogenated alkanes) is 1. The fourth-order valence-corrected chi connectivity index (χ4v) is 2.41. The Kier molecular flexibility index (Phi) is 8.96. The second kappa shape index (κ2) is 11.7. The van der Waals surface area contributed by atoms with Crippen LogP contribution in [-0.2, 0) is 9.53 Å². The Balaban J connectivity index is 2.11. The zero-order valence-electron chi connectivity index (χ0n) is 17.3. The van der Waals surface area contributed by atoms with Gasteiger partial charge in [0.15, 0.2) is 0 Å². The van der Waals surface area contributed by atoms with E-state index in [2.05, 4.69) is 12.2 Å². The van der Waals surface area contributed by atoms with Crippen LogP contribution in [0.3, 0.4) is 0 Å². The number of esters is 1. The number of hydrogen-bond acceptors (Lipinski definition) is 4. The SMILES string of the molecule is CCCCOc1ccc(C(=O)N/C(=C\c2ccccc2)C(=O)OCC(C)C)cc1. The highest BCUT2D eigenvalue weighted by atomic mass is 16.5. The molecule has 5 nitrogen and oxygen atoms in total.